The summed E-state index contributed by atoms with van der Waals surface area (Å²) in [7, 11) is 3.03. The summed E-state index contributed by atoms with van der Waals surface area (Å²) in [6.45, 7) is 3.90. The van der Waals surface area contributed by atoms with Gasteiger partial charge in [-0.25, -0.2) is 14.2 Å². The topological polar surface area (TPSA) is 82.6 Å². The van der Waals surface area contributed by atoms with Gasteiger partial charge in [0, 0.05) is 31.5 Å². The van der Waals surface area contributed by atoms with Crippen LogP contribution in [0.15, 0.2) is 34.1 Å². The number of anilines is 1. The van der Waals surface area contributed by atoms with Gasteiger partial charge in [-0.3, -0.25) is 14.5 Å². The fourth-order valence-electron chi connectivity index (χ4n) is 4.23. The fourth-order valence-corrected chi connectivity index (χ4v) is 6.51. The van der Waals surface area contributed by atoms with E-state index in [0.717, 1.165) is 33.3 Å². The van der Waals surface area contributed by atoms with Crippen LogP contribution in [-0.4, -0.2) is 52.1 Å². The average Bonchev–Trinajstić information content (AvgIpc) is 3.40. The summed E-state index contributed by atoms with van der Waals surface area (Å²) in [6, 6.07) is 2.11. The Morgan fingerprint density at radius 1 is 1.22 bits per heavy atom. The molecule has 7 nitrogen and oxygen atoms in total. The number of benzene rings is 1. The van der Waals surface area contributed by atoms with Gasteiger partial charge in [-0.05, 0) is 28.5 Å². The molecule has 2 unspecified atom stereocenters. The highest BCUT2D eigenvalue weighted by Gasteiger charge is 2.50. The number of imide groups is 1. The number of thioether (sulfide) groups is 1. The number of hydrogen-bond acceptors (Lipinski definition) is 6. The Bertz CT molecular complexity index is 1270. The minimum absolute atomic E-state index is 0.0334. The summed E-state index contributed by atoms with van der Waals surface area (Å²) >= 11 is 2.45. The van der Waals surface area contributed by atoms with E-state index in [-0.39, 0.29) is 34.6 Å². The molecule has 2 aromatic rings. The van der Waals surface area contributed by atoms with Crippen molar-refractivity contribution in [3.8, 4) is 11.3 Å². The molecular formula is C23H22F4N4O3S2. The zero-order chi connectivity index (χ0) is 26.5. The first-order chi connectivity index (χ1) is 16.8. The van der Waals surface area contributed by atoms with E-state index in [1.807, 2.05) is 13.8 Å². The number of carbonyl (C=O) groups excluding carboxylic acids is 3. The fraction of sp³-hybridized carbons (Fsp3) is 0.391. The quantitative estimate of drug-likeness (QED) is 0.511. The summed E-state index contributed by atoms with van der Waals surface area (Å²) in [4.78, 5) is 45.9. The third-order valence-corrected chi connectivity index (χ3v) is 8.56. The van der Waals surface area contributed by atoms with Crippen molar-refractivity contribution in [3.63, 3.8) is 0 Å². The molecule has 2 aliphatic rings. The summed E-state index contributed by atoms with van der Waals surface area (Å²) in [5.41, 5.74) is -0.367. The van der Waals surface area contributed by atoms with E-state index < -0.39 is 40.8 Å². The van der Waals surface area contributed by atoms with Crippen LogP contribution in [0.3, 0.4) is 0 Å². The first kappa shape index (κ1) is 26.1. The molecule has 4 amide bonds. The van der Waals surface area contributed by atoms with Crippen LogP contribution in [0.2, 0.25) is 0 Å². The largest absolute Gasteiger partial charge is 0.419 e. The van der Waals surface area contributed by atoms with Gasteiger partial charge < -0.3 is 10.2 Å². The number of thiazole rings is 1. The molecule has 0 radical (unpaired) electrons. The lowest BCUT2D eigenvalue weighted by Gasteiger charge is -2.38. The van der Waals surface area contributed by atoms with Crippen molar-refractivity contribution in [3.05, 3.63) is 45.4 Å². The normalized spacial score (nSPS) is 20.5. The van der Waals surface area contributed by atoms with E-state index in [1.54, 1.807) is 7.05 Å². The van der Waals surface area contributed by atoms with Crippen LogP contribution in [0.25, 0.3) is 11.3 Å². The van der Waals surface area contributed by atoms with E-state index in [0.29, 0.717) is 11.6 Å². The molecule has 3 heterocycles. The second-order valence-corrected chi connectivity index (χ2v) is 10.8. The van der Waals surface area contributed by atoms with Crippen molar-refractivity contribution in [2.24, 2.45) is 11.8 Å². The van der Waals surface area contributed by atoms with Gasteiger partial charge in [0.15, 0.2) is 5.13 Å². The molecule has 1 fully saturated rings. The molecule has 13 heteroatoms. The first-order valence-corrected chi connectivity index (χ1v) is 12.6. The average molecular weight is 543 g/mol. The third kappa shape index (κ3) is 4.73. The monoisotopic (exact) mass is 542 g/mol. The van der Waals surface area contributed by atoms with Crippen molar-refractivity contribution in [2.45, 2.75) is 31.8 Å². The Labute approximate surface area is 212 Å². The van der Waals surface area contributed by atoms with Crippen molar-refractivity contribution < 1.29 is 31.9 Å². The van der Waals surface area contributed by atoms with Crippen molar-refractivity contribution in [1.82, 2.24) is 14.8 Å². The van der Waals surface area contributed by atoms with E-state index >= 15 is 0 Å². The Kier molecular flexibility index (Phi) is 6.90. The minimum Gasteiger partial charge on any atom is -0.314 e. The zero-order valence-corrected chi connectivity index (χ0v) is 21.3. The lowest BCUT2D eigenvalue weighted by molar-refractivity contribution is -0.140. The number of alkyl halides is 3. The molecule has 2 atom stereocenters. The van der Waals surface area contributed by atoms with Crippen molar-refractivity contribution in [1.29, 1.82) is 0 Å². The highest BCUT2D eigenvalue weighted by atomic mass is 32.2. The van der Waals surface area contributed by atoms with Crippen LogP contribution in [-0.2, 0) is 15.8 Å². The molecule has 36 heavy (non-hydrogen) atoms. The highest BCUT2D eigenvalue weighted by Crippen LogP contribution is 2.50. The smallest absolute Gasteiger partial charge is 0.314 e. The van der Waals surface area contributed by atoms with Gasteiger partial charge in [0.2, 0.25) is 11.8 Å². The zero-order valence-electron chi connectivity index (χ0n) is 19.6. The molecule has 2 aliphatic heterocycles. The molecule has 1 aromatic heterocycles. The number of amides is 4. The van der Waals surface area contributed by atoms with Gasteiger partial charge in [-0.2, -0.15) is 13.2 Å². The number of carbonyl (C=O) groups is 3. The number of halogens is 4. The van der Waals surface area contributed by atoms with Crippen LogP contribution >= 0.6 is 23.1 Å². The van der Waals surface area contributed by atoms with Gasteiger partial charge in [-0.15, -0.1) is 23.1 Å². The number of hydrogen-bond donors (Lipinski definition) is 1. The van der Waals surface area contributed by atoms with Gasteiger partial charge in [0.25, 0.3) is 0 Å². The van der Waals surface area contributed by atoms with E-state index in [2.05, 4.69) is 10.3 Å². The molecule has 1 aromatic carbocycles. The van der Waals surface area contributed by atoms with Crippen LogP contribution in [0.5, 0.6) is 0 Å². The number of aromatic nitrogens is 1. The number of urea groups is 1. The molecule has 192 valence electrons. The number of nitrogens with one attached hydrogen (secondary N) is 1. The Morgan fingerprint density at radius 3 is 2.53 bits per heavy atom. The number of fused-ring (bicyclic) bond motifs is 1. The van der Waals surface area contributed by atoms with Crippen LogP contribution in [0.1, 0.15) is 25.8 Å². The molecule has 0 spiro atoms. The van der Waals surface area contributed by atoms with Crippen LogP contribution in [0.4, 0.5) is 27.5 Å². The lowest BCUT2D eigenvalue weighted by atomic mass is 9.90. The van der Waals surface area contributed by atoms with E-state index in [9.17, 15) is 31.9 Å². The summed E-state index contributed by atoms with van der Waals surface area (Å²) < 4.78 is 52.4. The summed E-state index contributed by atoms with van der Waals surface area (Å²) in [5.74, 6) is -2.82. The predicted molar refractivity (Wildman–Crippen MR) is 128 cm³/mol. The Morgan fingerprint density at radius 2 is 1.92 bits per heavy atom. The van der Waals surface area contributed by atoms with Crippen molar-refractivity contribution >= 4 is 46.1 Å². The van der Waals surface area contributed by atoms with Crippen molar-refractivity contribution in [2.75, 3.05) is 19.4 Å². The number of nitrogens with zero attached hydrogens (tertiary/aromatic N) is 3. The SMILES string of the molecule is CC(C)C1=C(CC(=O)Nc2nc(-c3ccc(C(F)(F)F)c(F)c3)cs2)C2C(=O)N(C)C(=O)N(C)C2S1. The molecule has 0 bridgehead atoms. The maximum Gasteiger partial charge on any atom is 0.419 e. The van der Waals surface area contributed by atoms with Crippen LogP contribution < -0.4 is 5.32 Å². The molecule has 0 aliphatic carbocycles. The minimum atomic E-state index is -4.80. The molecule has 4 rings (SSSR count). The molecular weight excluding hydrogens is 520 g/mol. The molecule has 1 N–H and O–H groups in total. The Hall–Kier alpha value is -2.93. The van der Waals surface area contributed by atoms with E-state index in [4.69, 9.17) is 0 Å². The van der Waals surface area contributed by atoms with E-state index in [1.165, 1.54) is 29.1 Å². The summed E-state index contributed by atoms with van der Waals surface area (Å²) in [6.07, 6.45) is -4.89. The standard InChI is InChI=1S/C23H22F4N4O3S2/c1-10(2)18-12(17-19(33)30(3)22(34)31(4)20(17)36-18)8-16(32)29-21-28-15(9-35-21)11-5-6-13(14(24)7-11)23(25,26)27/h5-7,9-10,17,20H,8H2,1-4H3,(H,28,29,32). The van der Waals surface area contributed by atoms with Gasteiger partial charge in [0.05, 0.1) is 22.5 Å². The number of allylic oxidation sites excluding steroid dienone is 1. The first-order valence-electron chi connectivity index (χ1n) is 10.9. The van der Waals surface area contributed by atoms with Crippen LogP contribution in [0, 0.1) is 17.7 Å². The molecule has 0 saturated carbocycles. The Balaban J connectivity index is 1.52. The maximum absolute atomic E-state index is 13.9. The highest BCUT2D eigenvalue weighted by molar-refractivity contribution is 8.04. The van der Waals surface area contributed by atoms with Gasteiger partial charge >= 0.3 is 12.2 Å². The number of rotatable bonds is 5. The predicted octanol–water partition coefficient (Wildman–Crippen LogP) is 5.42. The second-order valence-electron chi connectivity index (χ2n) is 8.78. The lowest BCUT2D eigenvalue weighted by Crippen LogP contribution is -2.57. The molecule has 1 saturated heterocycles. The summed E-state index contributed by atoms with van der Waals surface area (Å²) in [5, 5.41) is 3.91. The third-order valence-electron chi connectivity index (χ3n) is 5.99. The second kappa shape index (κ2) is 9.51. The van der Waals surface area contributed by atoms with Gasteiger partial charge in [0.1, 0.15) is 5.82 Å². The maximum atomic E-state index is 13.9. The van der Waals surface area contributed by atoms with Gasteiger partial charge in [-0.1, -0.05) is 19.9 Å².